The van der Waals surface area contributed by atoms with Gasteiger partial charge in [0.2, 0.25) is 5.95 Å². The molecule has 1 heterocycles. The Labute approximate surface area is 137 Å². The lowest BCUT2D eigenvalue weighted by molar-refractivity contribution is 0.570. The fourth-order valence-corrected chi connectivity index (χ4v) is 1.97. The first-order chi connectivity index (χ1) is 11.0. The number of benzene rings is 2. The van der Waals surface area contributed by atoms with E-state index in [1.54, 1.807) is 12.1 Å². The van der Waals surface area contributed by atoms with E-state index in [9.17, 15) is 8.78 Å². The number of hydrogen-bond donors (Lipinski definition) is 3. The SMILES string of the molecule is Fc1[nH]c(-c2ccccc2)cc1S.N#Cc1ccc(N)c(F)c1. The molecule has 2 aromatic carbocycles. The van der Waals surface area contributed by atoms with Gasteiger partial charge in [-0.2, -0.15) is 9.65 Å². The van der Waals surface area contributed by atoms with Crippen molar-refractivity contribution in [1.29, 1.82) is 5.26 Å². The lowest BCUT2D eigenvalue weighted by Gasteiger charge is -1.94. The van der Waals surface area contributed by atoms with E-state index in [4.69, 9.17) is 11.0 Å². The number of rotatable bonds is 1. The average Bonchev–Trinajstić information content (AvgIpc) is 2.91. The number of anilines is 1. The summed E-state index contributed by atoms with van der Waals surface area (Å²) in [5.41, 5.74) is 7.22. The van der Waals surface area contributed by atoms with Crippen LogP contribution >= 0.6 is 12.6 Å². The third-order valence-corrected chi connectivity index (χ3v) is 3.29. The number of aromatic nitrogens is 1. The number of nitrogens with two attached hydrogens (primary N) is 1. The zero-order valence-corrected chi connectivity index (χ0v) is 12.8. The lowest BCUT2D eigenvalue weighted by atomic mass is 10.2. The molecule has 0 fully saturated rings. The number of hydrogen-bond acceptors (Lipinski definition) is 3. The molecular weight excluding hydrogens is 316 g/mol. The maximum absolute atomic E-state index is 12.9. The molecule has 23 heavy (non-hydrogen) atoms. The predicted octanol–water partition coefficient (Wildman–Crippen LogP) is 4.39. The molecule has 116 valence electrons. The summed E-state index contributed by atoms with van der Waals surface area (Å²) >= 11 is 3.96. The van der Waals surface area contributed by atoms with Crippen molar-refractivity contribution >= 4 is 18.3 Å². The van der Waals surface area contributed by atoms with Crippen molar-refractivity contribution in [1.82, 2.24) is 4.98 Å². The van der Waals surface area contributed by atoms with Crippen molar-refractivity contribution in [2.75, 3.05) is 5.73 Å². The summed E-state index contributed by atoms with van der Waals surface area (Å²) in [4.78, 5) is 2.96. The zero-order chi connectivity index (χ0) is 16.8. The molecule has 0 atom stereocenters. The van der Waals surface area contributed by atoms with Crippen molar-refractivity contribution in [3.63, 3.8) is 0 Å². The molecule has 3 N–H and O–H groups in total. The fourth-order valence-electron chi connectivity index (χ4n) is 1.79. The molecule has 0 aliphatic rings. The second kappa shape index (κ2) is 7.47. The van der Waals surface area contributed by atoms with Crippen LogP contribution in [0.15, 0.2) is 59.5 Å². The van der Waals surface area contributed by atoms with Gasteiger partial charge >= 0.3 is 0 Å². The Morgan fingerprint density at radius 1 is 1.04 bits per heavy atom. The van der Waals surface area contributed by atoms with E-state index < -0.39 is 5.82 Å². The summed E-state index contributed by atoms with van der Waals surface area (Å²) in [5, 5.41) is 8.30. The van der Waals surface area contributed by atoms with Gasteiger partial charge in [-0.1, -0.05) is 30.3 Å². The minimum Gasteiger partial charge on any atom is -0.396 e. The normalized spacial score (nSPS) is 9.65. The monoisotopic (exact) mass is 329 g/mol. The number of H-pyrrole nitrogens is 1. The van der Waals surface area contributed by atoms with E-state index in [-0.39, 0.29) is 17.2 Å². The molecule has 1 aromatic heterocycles. The largest absolute Gasteiger partial charge is 0.396 e. The summed E-state index contributed by atoms with van der Waals surface area (Å²) in [5.74, 6) is -0.929. The van der Waals surface area contributed by atoms with Crippen LogP contribution in [0.2, 0.25) is 0 Å². The number of nitrogen functional groups attached to an aromatic ring is 1. The number of halogens is 2. The van der Waals surface area contributed by atoms with Crippen LogP contribution in [-0.4, -0.2) is 4.98 Å². The van der Waals surface area contributed by atoms with Gasteiger partial charge in [-0.3, -0.25) is 0 Å². The first-order valence-electron chi connectivity index (χ1n) is 6.59. The Kier molecular flexibility index (Phi) is 5.39. The van der Waals surface area contributed by atoms with Gasteiger partial charge in [0, 0.05) is 5.69 Å². The predicted molar refractivity (Wildman–Crippen MR) is 89.0 cm³/mol. The molecule has 0 spiro atoms. The number of aromatic amines is 1. The van der Waals surface area contributed by atoms with Crippen molar-refractivity contribution in [3.05, 3.63) is 71.9 Å². The van der Waals surface area contributed by atoms with Crippen molar-refractivity contribution in [3.8, 4) is 17.3 Å². The van der Waals surface area contributed by atoms with Gasteiger partial charge < -0.3 is 10.7 Å². The van der Waals surface area contributed by atoms with Crippen LogP contribution in [0.4, 0.5) is 14.5 Å². The van der Waals surface area contributed by atoms with Gasteiger partial charge in [-0.05, 0) is 29.8 Å². The number of thiol groups is 1. The average molecular weight is 329 g/mol. The fraction of sp³-hybridized carbons (Fsp3) is 0. The van der Waals surface area contributed by atoms with Crippen molar-refractivity contribution in [2.45, 2.75) is 4.90 Å². The van der Waals surface area contributed by atoms with Crippen LogP contribution in [0, 0.1) is 23.1 Å². The molecule has 3 aromatic rings. The Morgan fingerprint density at radius 3 is 2.26 bits per heavy atom. The van der Waals surface area contributed by atoms with Crippen molar-refractivity contribution < 1.29 is 8.78 Å². The van der Waals surface area contributed by atoms with Gasteiger partial charge in [0.1, 0.15) is 5.82 Å². The molecule has 0 aliphatic heterocycles. The highest BCUT2D eigenvalue weighted by molar-refractivity contribution is 7.80. The smallest absolute Gasteiger partial charge is 0.205 e. The molecular formula is C17H13F2N3S. The third kappa shape index (κ3) is 4.34. The summed E-state index contributed by atoms with van der Waals surface area (Å²) in [6.45, 7) is 0. The Hall–Kier alpha value is -2.78. The zero-order valence-electron chi connectivity index (χ0n) is 11.9. The van der Waals surface area contributed by atoms with E-state index in [0.29, 0.717) is 4.90 Å². The molecule has 0 radical (unpaired) electrons. The quantitative estimate of drug-likeness (QED) is 0.458. The standard InChI is InChI=1S/C10H8FNS.C7H5FN2/c11-10-9(13)6-8(12-10)7-4-2-1-3-5-7;8-6-3-5(4-9)1-2-7(6)10/h1-6,12-13H;1-3H,10H2. The number of nitrogens with zero attached hydrogens (tertiary/aromatic N) is 1. The highest BCUT2D eigenvalue weighted by Gasteiger charge is 2.04. The van der Waals surface area contributed by atoms with E-state index in [2.05, 4.69) is 17.6 Å². The Balaban J connectivity index is 0.000000174. The first kappa shape index (κ1) is 16.6. The number of nitrogens with one attached hydrogen (secondary N) is 1. The van der Waals surface area contributed by atoms with Gasteiger partial charge in [-0.25, -0.2) is 4.39 Å². The third-order valence-electron chi connectivity index (χ3n) is 2.96. The van der Waals surface area contributed by atoms with Crippen LogP contribution in [0.5, 0.6) is 0 Å². The van der Waals surface area contributed by atoms with Crippen LogP contribution < -0.4 is 5.73 Å². The van der Waals surface area contributed by atoms with Crippen LogP contribution in [0.3, 0.4) is 0 Å². The maximum atomic E-state index is 12.9. The molecule has 0 amide bonds. The summed E-state index contributed by atoms with van der Waals surface area (Å²) in [6, 6.07) is 17.0. The van der Waals surface area contributed by atoms with Crippen LogP contribution in [0.25, 0.3) is 11.3 Å². The van der Waals surface area contributed by atoms with Crippen LogP contribution in [-0.2, 0) is 0 Å². The van der Waals surface area contributed by atoms with Crippen molar-refractivity contribution in [2.24, 2.45) is 0 Å². The highest BCUT2D eigenvalue weighted by Crippen LogP contribution is 2.22. The lowest BCUT2D eigenvalue weighted by Crippen LogP contribution is -1.89. The molecule has 0 unspecified atom stereocenters. The maximum Gasteiger partial charge on any atom is 0.205 e. The van der Waals surface area contributed by atoms with Crippen LogP contribution in [0.1, 0.15) is 5.56 Å². The van der Waals surface area contributed by atoms with E-state index >= 15 is 0 Å². The van der Waals surface area contributed by atoms with Gasteiger partial charge in [0.05, 0.1) is 22.2 Å². The van der Waals surface area contributed by atoms with Gasteiger partial charge in [0.25, 0.3) is 0 Å². The molecule has 3 rings (SSSR count). The summed E-state index contributed by atoms with van der Waals surface area (Å²) in [6.07, 6.45) is 0. The summed E-state index contributed by atoms with van der Waals surface area (Å²) in [7, 11) is 0. The minimum absolute atomic E-state index is 0.0685. The molecule has 0 saturated heterocycles. The highest BCUT2D eigenvalue weighted by atomic mass is 32.1. The second-order valence-electron chi connectivity index (χ2n) is 4.60. The molecule has 0 bridgehead atoms. The minimum atomic E-state index is -0.543. The van der Waals surface area contributed by atoms with E-state index in [1.807, 2.05) is 30.3 Å². The van der Waals surface area contributed by atoms with E-state index in [0.717, 1.165) is 17.3 Å². The topological polar surface area (TPSA) is 65.6 Å². The molecule has 0 saturated carbocycles. The first-order valence-corrected chi connectivity index (χ1v) is 7.04. The van der Waals surface area contributed by atoms with Gasteiger partial charge in [-0.15, -0.1) is 12.6 Å². The Bertz CT molecular complexity index is 819. The van der Waals surface area contributed by atoms with Gasteiger partial charge in [0.15, 0.2) is 0 Å². The van der Waals surface area contributed by atoms with E-state index in [1.165, 1.54) is 12.1 Å². The second-order valence-corrected chi connectivity index (χ2v) is 5.08. The molecule has 0 aliphatic carbocycles. The Morgan fingerprint density at radius 2 is 1.74 bits per heavy atom. The number of nitriles is 1. The molecule has 3 nitrogen and oxygen atoms in total. The summed E-state index contributed by atoms with van der Waals surface area (Å²) < 4.78 is 25.4. The molecule has 6 heteroatoms.